The van der Waals surface area contributed by atoms with Crippen molar-refractivity contribution in [3.05, 3.63) is 72.3 Å². The molecule has 116 valence electrons. The molecule has 0 spiro atoms. The third-order valence-electron chi connectivity index (χ3n) is 4.25. The molecule has 3 aromatic rings. The first kappa shape index (κ1) is 15.3. The quantitative estimate of drug-likeness (QED) is 0.665. The first-order chi connectivity index (χ1) is 11.2. The summed E-state index contributed by atoms with van der Waals surface area (Å²) in [4.78, 5) is 14.8. The van der Waals surface area contributed by atoms with Gasteiger partial charge < -0.3 is 4.90 Å². The summed E-state index contributed by atoms with van der Waals surface area (Å²) in [6, 6.07) is 22.5. The minimum atomic E-state index is 0.0969. The molecule has 2 heteroatoms. The van der Waals surface area contributed by atoms with Crippen molar-refractivity contribution in [3.63, 3.8) is 0 Å². The summed E-state index contributed by atoms with van der Waals surface area (Å²) < 4.78 is 0. The van der Waals surface area contributed by atoms with E-state index in [1.807, 2.05) is 55.1 Å². The van der Waals surface area contributed by atoms with E-state index in [4.69, 9.17) is 0 Å². The summed E-state index contributed by atoms with van der Waals surface area (Å²) in [5.41, 5.74) is 2.86. The number of hydrogen-bond acceptors (Lipinski definition) is 1. The smallest absolute Gasteiger partial charge is 0.254 e. The molecule has 0 unspecified atom stereocenters. The van der Waals surface area contributed by atoms with E-state index in [9.17, 15) is 4.79 Å². The zero-order valence-corrected chi connectivity index (χ0v) is 13.6. The van der Waals surface area contributed by atoms with E-state index in [0.29, 0.717) is 0 Å². The number of hydrogen-bond donors (Lipinski definition) is 0. The highest BCUT2D eigenvalue weighted by Crippen LogP contribution is 2.29. The van der Waals surface area contributed by atoms with Crippen LogP contribution in [0, 0.1) is 0 Å². The molecule has 0 fully saturated rings. The van der Waals surface area contributed by atoms with Gasteiger partial charge in [-0.2, -0.15) is 0 Å². The predicted molar refractivity (Wildman–Crippen MR) is 96.6 cm³/mol. The van der Waals surface area contributed by atoms with Crippen LogP contribution in [0.15, 0.2) is 66.7 Å². The van der Waals surface area contributed by atoms with Crippen LogP contribution in [-0.2, 0) is 0 Å². The molecule has 23 heavy (non-hydrogen) atoms. The van der Waals surface area contributed by atoms with Crippen molar-refractivity contribution in [1.29, 1.82) is 0 Å². The molecule has 0 aliphatic heterocycles. The Kier molecular flexibility index (Phi) is 4.42. The van der Waals surface area contributed by atoms with Crippen LogP contribution in [0.25, 0.3) is 21.9 Å². The van der Waals surface area contributed by atoms with Gasteiger partial charge in [-0.25, -0.2) is 0 Å². The molecule has 0 heterocycles. The molecule has 0 atom stereocenters. The molecule has 0 saturated carbocycles. The van der Waals surface area contributed by atoms with Gasteiger partial charge in [0.25, 0.3) is 5.91 Å². The van der Waals surface area contributed by atoms with Gasteiger partial charge in [0.1, 0.15) is 0 Å². The molecule has 2 nitrogen and oxygen atoms in total. The number of carbonyl (C=O) groups excluding carboxylic acids is 1. The second-order valence-electron chi connectivity index (χ2n) is 5.59. The van der Waals surface area contributed by atoms with Crippen molar-refractivity contribution < 1.29 is 4.79 Å². The summed E-state index contributed by atoms with van der Waals surface area (Å²) >= 11 is 0. The van der Waals surface area contributed by atoms with Crippen LogP contribution in [0.1, 0.15) is 24.2 Å². The number of carbonyl (C=O) groups is 1. The molecule has 0 bridgehead atoms. The molecule has 0 aliphatic rings. The number of rotatable bonds is 4. The van der Waals surface area contributed by atoms with Gasteiger partial charge in [0, 0.05) is 18.7 Å². The van der Waals surface area contributed by atoms with Gasteiger partial charge in [-0.15, -0.1) is 0 Å². The molecule has 0 aromatic heterocycles. The van der Waals surface area contributed by atoms with Crippen LogP contribution in [0.2, 0.25) is 0 Å². The summed E-state index contributed by atoms with van der Waals surface area (Å²) in [5, 5.41) is 2.25. The molecule has 3 aromatic carbocycles. The van der Waals surface area contributed by atoms with Gasteiger partial charge in [-0.3, -0.25) is 4.79 Å². The van der Waals surface area contributed by atoms with Crippen LogP contribution in [0.5, 0.6) is 0 Å². The van der Waals surface area contributed by atoms with Crippen molar-refractivity contribution in [1.82, 2.24) is 4.90 Å². The Morgan fingerprint density at radius 3 is 2.00 bits per heavy atom. The maximum atomic E-state index is 13.0. The summed E-state index contributed by atoms with van der Waals surface area (Å²) in [6.45, 7) is 5.47. The fraction of sp³-hybridized carbons (Fsp3) is 0.190. The lowest BCUT2D eigenvalue weighted by atomic mass is 9.95. The maximum absolute atomic E-state index is 13.0. The molecule has 0 aliphatic carbocycles. The van der Waals surface area contributed by atoms with Gasteiger partial charge in [0.05, 0.1) is 0 Å². The second kappa shape index (κ2) is 6.66. The second-order valence-corrected chi connectivity index (χ2v) is 5.59. The largest absolute Gasteiger partial charge is 0.339 e. The lowest BCUT2D eigenvalue weighted by Crippen LogP contribution is -2.30. The van der Waals surface area contributed by atoms with Crippen LogP contribution in [-0.4, -0.2) is 23.9 Å². The number of nitrogens with zero attached hydrogens (tertiary/aromatic N) is 1. The molecule has 0 N–H and O–H groups in total. The SMILES string of the molecule is CCN(CC)C(=O)c1cc2ccccc2cc1-c1ccccc1. The van der Waals surface area contributed by atoms with Gasteiger partial charge >= 0.3 is 0 Å². The average Bonchev–Trinajstić information content (AvgIpc) is 2.62. The predicted octanol–water partition coefficient (Wildman–Crippen LogP) is 4.99. The highest BCUT2D eigenvalue weighted by Gasteiger charge is 2.18. The summed E-state index contributed by atoms with van der Waals surface area (Å²) in [6.07, 6.45) is 0. The van der Waals surface area contributed by atoms with Crippen LogP contribution >= 0.6 is 0 Å². The monoisotopic (exact) mass is 303 g/mol. The Morgan fingerprint density at radius 1 is 0.826 bits per heavy atom. The average molecular weight is 303 g/mol. The zero-order chi connectivity index (χ0) is 16.2. The van der Waals surface area contributed by atoms with E-state index in [1.165, 1.54) is 0 Å². The zero-order valence-electron chi connectivity index (χ0n) is 13.6. The third kappa shape index (κ3) is 2.98. The third-order valence-corrected chi connectivity index (χ3v) is 4.25. The normalized spacial score (nSPS) is 10.7. The first-order valence-electron chi connectivity index (χ1n) is 8.12. The van der Waals surface area contributed by atoms with Crippen molar-refractivity contribution >= 4 is 16.7 Å². The van der Waals surface area contributed by atoms with Gasteiger partial charge in [-0.05, 0) is 47.9 Å². The minimum absolute atomic E-state index is 0.0969. The molecule has 1 amide bonds. The van der Waals surface area contributed by atoms with Crippen molar-refractivity contribution in [2.75, 3.05) is 13.1 Å². The number of benzene rings is 3. The van der Waals surface area contributed by atoms with Crippen molar-refractivity contribution in [3.8, 4) is 11.1 Å². The van der Waals surface area contributed by atoms with Crippen molar-refractivity contribution in [2.45, 2.75) is 13.8 Å². The Hall–Kier alpha value is -2.61. The fourth-order valence-corrected chi connectivity index (χ4v) is 2.95. The van der Waals surface area contributed by atoms with Gasteiger partial charge in [0.15, 0.2) is 0 Å². The molecule has 0 saturated heterocycles. The van der Waals surface area contributed by atoms with Gasteiger partial charge in [-0.1, -0.05) is 54.6 Å². The number of amides is 1. The molecular formula is C21H21NO. The van der Waals surface area contributed by atoms with E-state index in [1.54, 1.807) is 0 Å². The highest BCUT2D eigenvalue weighted by atomic mass is 16.2. The topological polar surface area (TPSA) is 20.3 Å². The standard InChI is InChI=1S/C21H21NO/c1-3-22(4-2)21(23)20-15-18-13-9-8-12-17(18)14-19(20)16-10-6-5-7-11-16/h5-15H,3-4H2,1-2H3. The minimum Gasteiger partial charge on any atom is -0.339 e. The highest BCUT2D eigenvalue weighted by molar-refractivity contribution is 6.05. The summed E-state index contributed by atoms with van der Waals surface area (Å²) in [7, 11) is 0. The molecule has 3 rings (SSSR count). The Bertz CT molecular complexity index is 820. The Morgan fingerprint density at radius 2 is 1.39 bits per heavy atom. The molecular weight excluding hydrogens is 282 g/mol. The van der Waals surface area contributed by atoms with E-state index in [2.05, 4.69) is 30.3 Å². The van der Waals surface area contributed by atoms with Crippen molar-refractivity contribution in [2.24, 2.45) is 0 Å². The lowest BCUT2D eigenvalue weighted by Gasteiger charge is -2.21. The van der Waals surface area contributed by atoms with Crippen LogP contribution < -0.4 is 0 Å². The van der Waals surface area contributed by atoms with E-state index in [0.717, 1.165) is 40.6 Å². The fourth-order valence-electron chi connectivity index (χ4n) is 2.95. The van der Waals surface area contributed by atoms with Gasteiger partial charge in [0.2, 0.25) is 0 Å². The Balaban J connectivity index is 2.23. The number of fused-ring (bicyclic) bond motifs is 1. The van der Waals surface area contributed by atoms with E-state index in [-0.39, 0.29) is 5.91 Å². The summed E-state index contributed by atoms with van der Waals surface area (Å²) in [5.74, 6) is 0.0969. The maximum Gasteiger partial charge on any atom is 0.254 e. The first-order valence-corrected chi connectivity index (χ1v) is 8.12. The molecule has 0 radical (unpaired) electrons. The lowest BCUT2D eigenvalue weighted by molar-refractivity contribution is 0.0774. The van der Waals surface area contributed by atoms with Crippen LogP contribution in [0.4, 0.5) is 0 Å². The Labute approximate surface area is 137 Å². The van der Waals surface area contributed by atoms with E-state index >= 15 is 0 Å². The van der Waals surface area contributed by atoms with Crippen LogP contribution in [0.3, 0.4) is 0 Å². The van der Waals surface area contributed by atoms with E-state index < -0.39 is 0 Å².